The van der Waals surface area contributed by atoms with E-state index in [9.17, 15) is 19.2 Å². The van der Waals surface area contributed by atoms with E-state index in [0.717, 1.165) is 4.90 Å². The summed E-state index contributed by atoms with van der Waals surface area (Å²) in [6.45, 7) is -0.0912. The number of anilines is 1. The molecule has 0 atom stereocenters. The van der Waals surface area contributed by atoms with E-state index in [1.165, 1.54) is 30.3 Å². The van der Waals surface area contributed by atoms with E-state index in [-0.39, 0.29) is 18.7 Å². The fraction of sp³-hybridized carbons (Fsp3) is 0.0833. The van der Waals surface area contributed by atoms with Crippen molar-refractivity contribution in [1.82, 2.24) is 4.90 Å². The van der Waals surface area contributed by atoms with Crippen LogP contribution in [0.25, 0.3) is 0 Å². The van der Waals surface area contributed by atoms with Crippen LogP contribution in [0.2, 0.25) is 10.0 Å². The molecule has 0 spiro atoms. The molecule has 1 heterocycles. The lowest BCUT2D eigenvalue weighted by atomic mass is 10.1. The summed E-state index contributed by atoms with van der Waals surface area (Å²) in [6.07, 6.45) is -0.166. The van der Waals surface area contributed by atoms with Crippen molar-refractivity contribution in [1.29, 1.82) is 0 Å². The number of hydrogen-bond donors (Lipinski definition) is 1. The smallest absolute Gasteiger partial charge is 0.312 e. The molecule has 0 aliphatic carbocycles. The minimum atomic E-state index is -0.616. The highest BCUT2D eigenvalue weighted by atomic mass is 35.5. The summed E-state index contributed by atoms with van der Waals surface area (Å²) in [5.41, 5.74) is 1.34. The van der Waals surface area contributed by atoms with Crippen molar-refractivity contribution in [2.24, 2.45) is 0 Å². The van der Waals surface area contributed by atoms with E-state index in [0.29, 0.717) is 32.4 Å². The lowest BCUT2D eigenvalue weighted by molar-refractivity contribution is -0.134. The van der Waals surface area contributed by atoms with E-state index >= 15 is 0 Å². The van der Waals surface area contributed by atoms with Gasteiger partial charge in [-0.05, 0) is 54.6 Å². The molecule has 0 bridgehead atoms. The highest BCUT2D eigenvalue weighted by Crippen LogP contribution is 2.26. The number of nitrogens with one attached hydrogen (secondary N) is 1. The third-order valence-corrected chi connectivity index (χ3v) is 5.51. The zero-order valence-corrected chi connectivity index (χ0v) is 18.5. The normalized spacial score (nSPS) is 12.5. The van der Waals surface area contributed by atoms with Crippen LogP contribution in [0.3, 0.4) is 0 Å². The lowest BCUT2D eigenvalue weighted by Crippen LogP contribution is -2.32. The Morgan fingerprint density at radius 2 is 1.52 bits per heavy atom. The second-order valence-corrected chi connectivity index (χ2v) is 7.98. The van der Waals surface area contributed by atoms with Crippen molar-refractivity contribution in [2.45, 2.75) is 6.42 Å². The molecule has 1 aliphatic rings. The Morgan fingerprint density at radius 1 is 0.879 bits per heavy atom. The number of imide groups is 1. The van der Waals surface area contributed by atoms with Crippen molar-refractivity contribution in [3.05, 3.63) is 93.5 Å². The highest BCUT2D eigenvalue weighted by molar-refractivity contribution is 6.35. The van der Waals surface area contributed by atoms with E-state index < -0.39 is 23.7 Å². The molecule has 0 saturated heterocycles. The van der Waals surface area contributed by atoms with Gasteiger partial charge in [-0.25, -0.2) is 0 Å². The monoisotopic (exact) mass is 482 g/mol. The Kier molecular flexibility index (Phi) is 6.44. The first-order valence-electron chi connectivity index (χ1n) is 9.86. The maximum atomic E-state index is 12.4. The Bertz CT molecular complexity index is 1240. The van der Waals surface area contributed by atoms with Crippen LogP contribution in [0.4, 0.5) is 5.69 Å². The molecule has 0 aromatic heterocycles. The zero-order chi connectivity index (χ0) is 23.5. The number of hydrogen-bond acceptors (Lipinski definition) is 5. The predicted molar refractivity (Wildman–Crippen MR) is 123 cm³/mol. The Morgan fingerprint density at radius 3 is 2.15 bits per heavy atom. The first kappa shape index (κ1) is 22.5. The van der Waals surface area contributed by atoms with Crippen LogP contribution in [0.1, 0.15) is 37.5 Å². The lowest BCUT2D eigenvalue weighted by Gasteiger charge is -2.13. The Hall–Kier alpha value is -3.68. The van der Waals surface area contributed by atoms with E-state index in [1.54, 1.807) is 36.4 Å². The number of esters is 1. The third kappa shape index (κ3) is 4.89. The van der Waals surface area contributed by atoms with E-state index in [2.05, 4.69) is 5.32 Å². The first-order valence-corrected chi connectivity index (χ1v) is 10.6. The molecule has 3 amide bonds. The van der Waals surface area contributed by atoms with Crippen LogP contribution >= 0.6 is 23.2 Å². The van der Waals surface area contributed by atoms with Crippen LogP contribution < -0.4 is 10.1 Å². The van der Waals surface area contributed by atoms with Gasteiger partial charge >= 0.3 is 5.97 Å². The number of halogens is 2. The van der Waals surface area contributed by atoms with Gasteiger partial charge in [-0.1, -0.05) is 35.3 Å². The van der Waals surface area contributed by atoms with Gasteiger partial charge in [0.15, 0.2) is 0 Å². The van der Waals surface area contributed by atoms with Gasteiger partial charge in [-0.15, -0.1) is 0 Å². The molecule has 1 aliphatic heterocycles. The minimum Gasteiger partial charge on any atom is -0.426 e. The maximum absolute atomic E-state index is 12.4. The fourth-order valence-corrected chi connectivity index (χ4v) is 3.63. The van der Waals surface area contributed by atoms with Gasteiger partial charge in [-0.3, -0.25) is 24.1 Å². The van der Waals surface area contributed by atoms with Crippen molar-refractivity contribution in [3.8, 4) is 5.75 Å². The Labute approximate surface area is 198 Å². The van der Waals surface area contributed by atoms with Gasteiger partial charge in [0, 0.05) is 17.1 Å². The molecule has 0 unspecified atom stereocenters. The molecule has 0 saturated carbocycles. The minimum absolute atomic E-state index is 0.0912. The number of benzene rings is 3. The van der Waals surface area contributed by atoms with Gasteiger partial charge in [-0.2, -0.15) is 0 Å². The van der Waals surface area contributed by atoms with Gasteiger partial charge in [0.1, 0.15) is 5.75 Å². The SMILES string of the molecule is O=C(CCN1C(=O)c2ccccc2C1=O)Oc1ccc(C(=O)Nc2cc(Cl)ccc2Cl)cc1. The first-order chi connectivity index (χ1) is 15.8. The summed E-state index contributed by atoms with van der Waals surface area (Å²) in [4.78, 5) is 50.4. The average molecular weight is 483 g/mol. The van der Waals surface area contributed by atoms with Crippen molar-refractivity contribution >= 4 is 52.6 Å². The zero-order valence-electron chi connectivity index (χ0n) is 17.0. The number of amides is 3. The summed E-state index contributed by atoms with van der Waals surface area (Å²) in [5, 5.41) is 3.44. The van der Waals surface area contributed by atoms with Gasteiger partial charge < -0.3 is 10.1 Å². The summed E-state index contributed by atoms with van der Waals surface area (Å²) in [6, 6.07) is 17.1. The second-order valence-electron chi connectivity index (χ2n) is 7.13. The van der Waals surface area contributed by atoms with Gasteiger partial charge in [0.25, 0.3) is 17.7 Å². The summed E-state index contributed by atoms with van der Waals surface area (Å²) >= 11 is 12.0. The second kappa shape index (κ2) is 9.44. The summed E-state index contributed by atoms with van der Waals surface area (Å²) in [5.74, 6) is -1.67. The average Bonchev–Trinajstić information content (AvgIpc) is 3.05. The molecule has 4 rings (SSSR count). The van der Waals surface area contributed by atoms with Crippen LogP contribution in [0.5, 0.6) is 5.75 Å². The van der Waals surface area contributed by atoms with Crippen molar-refractivity contribution in [3.63, 3.8) is 0 Å². The largest absolute Gasteiger partial charge is 0.426 e. The van der Waals surface area contributed by atoms with E-state index in [4.69, 9.17) is 27.9 Å². The van der Waals surface area contributed by atoms with Crippen molar-refractivity contribution in [2.75, 3.05) is 11.9 Å². The molecular formula is C24H16Cl2N2O5. The molecule has 33 heavy (non-hydrogen) atoms. The number of ether oxygens (including phenoxy) is 1. The highest BCUT2D eigenvalue weighted by Gasteiger charge is 2.35. The van der Waals surface area contributed by atoms with Crippen LogP contribution in [-0.2, 0) is 4.79 Å². The number of carbonyl (C=O) groups is 4. The number of nitrogens with zero attached hydrogens (tertiary/aromatic N) is 1. The number of rotatable bonds is 6. The van der Waals surface area contributed by atoms with Gasteiger partial charge in [0.2, 0.25) is 0 Å². The standard InChI is InChI=1S/C24H16Cl2N2O5/c25-15-7-10-19(26)20(13-15)27-22(30)14-5-8-16(9-6-14)33-21(29)11-12-28-23(31)17-3-1-2-4-18(17)24(28)32/h1-10,13H,11-12H2,(H,27,30). The fourth-order valence-electron chi connectivity index (χ4n) is 3.29. The van der Waals surface area contributed by atoms with Gasteiger partial charge in [0.05, 0.1) is 28.3 Å². The van der Waals surface area contributed by atoms with Crippen LogP contribution in [0, 0.1) is 0 Å². The molecule has 3 aromatic carbocycles. The molecule has 0 fully saturated rings. The molecule has 7 nitrogen and oxygen atoms in total. The topological polar surface area (TPSA) is 92.8 Å². The van der Waals surface area contributed by atoms with Crippen LogP contribution in [0.15, 0.2) is 66.7 Å². The molecular weight excluding hydrogens is 467 g/mol. The molecule has 9 heteroatoms. The van der Waals surface area contributed by atoms with E-state index in [1.807, 2.05) is 0 Å². The van der Waals surface area contributed by atoms with Crippen molar-refractivity contribution < 1.29 is 23.9 Å². The Balaban J connectivity index is 1.32. The molecule has 166 valence electrons. The predicted octanol–water partition coefficient (Wildman–Crippen LogP) is 4.84. The quantitative estimate of drug-likeness (QED) is 0.308. The molecule has 1 N–H and O–H groups in total. The maximum Gasteiger partial charge on any atom is 0.312 e. The molecule has 0 radical (unpaired) electrons. The number of fused-ring (bicyclic) bond motifs is 1. The molecule has 3 aromatic rings. The third-order valence-electron chi connectivity index (χ3n) is 4.94. The van der Waals surface area contributed by atoms with Crippen LogP contribution in [-0.4, -0.2) is 35.1 Å². The summed E-state index contributed by atoms with van der Waals surface area (Å²) < 4.78 is 5.25. The summed E-state index contributed by atoms with van der Waals surface area (Å²) in [7, 11) is 0. The number of carbonyl (C=O) groups excluding carboxylic acids is 4.